The molecule has 2 aromatic carbocycles. The Kier molecular flexibility index (Phi) is 5.58. The largest absolute Gasteiger partial charge is 0.493 e. The molecule has 0 bridgehead atoms. The van der Waals surface area contributed by atoms with Crippen molar-refractivity contribution in [3.63, 3.8) is 0 Å². The van der Waals surface area contributed by atoms with Gasteiger partial charge in [0.1, 0.15) is 0 Å². The molecule has 3 aromatic rings. The number of aromatic nitrogens is 1. The van der Waals surface area contributed by atoms with E-state index in [4.69, 9.17) is 19.2 Å². The predicted molar refractivity (Wildman–Crippen MR) is 114 cm³/mol. The number of ether oxygens (including phenoxy) is 3. The molecule has 152 valence electrons. The van der Waals surface area contributed by atoms with Crippen LogP contribution < -0.4 is 14.2 Å². The maximum absolute atomic E-state index is 13.3. The van der Waals surface area contributed by atoms with Crippen LogP contribution in [0.1, 0.15) is 34.1 Å². The zero-order valence-electron chi connectivity index (χ0n) is 16.8. The Bertz CT molecular complexity index is 1000. The van der Waals surface area contributed by atoms with E-state index in [1.54, 1.807) is 37.7 Å². The minimum Gasteiger partial charge on any atom is -0.493 e. The van der Waals surface area contributed by atoms with Crippen molar-refractivity contribution in [1.29, 1.82) is 0 Å². The summed E-state index contributed by atoms with van der Waals surface area (Å²) in [6.07, 6.45) is 1.98. The summed E-state index contributed by atoms with van der Waals surface area (Å²) < 4.78 is 17.5. The van der Waals surface area contributed by atoms with Crippen molar-refractivity contribution in [3.8, 4) is 17.2 Å². The second-order valence-electron chi connectivity index (χ2n) is 6.99. The van der Waals surface area contributed by atoms with Crippen molar-refractivity contribution in [2.24, 2.45) is 0 Å². The number of thiazole rings is 1. The van der Waals surface area contributed by atoms with Gasteiger partial charge in [-0.3, -0.25) is 4.79 Å². The van der Waals surface area contributed by atoms with Crippen LogP contribution in [-0.2, 0) is 0 Å². The van der Waals surface area contributed by atoms with Crippen LogP contribution in [0, 0.1) is 0 Å². The molecule has 4 rings (SSSR count). The van der Waals surface area contributed by atoms with E-state index in [0.29, 0.717) is 29.4 Å². The lowest BCUT2D eigenvalue weighted by Crippen LogP contribution is -2.39. The highest BCUT2D eigenvalue weighted by Gasteiger charge is 2.30. The lowest BCUT2D eigenvalue weighted by molar-refractivity contribution is 0.0703. The van der Waals surface area contributed by atoms with Gasteiger partial charge in [0.15, 0.2) is 11.5 Å². The number of nitrogens with zero attached hydrogens (tertiary/aromatic N) is 2. The first-order valence-corrected chi connectivity index (χ1v) is 10.4. The quantitative estimate of drug-likeness (QED) is 0.624. The second kappa shape index (κ2) is 8.29. The fourth-order valence-corrected chi connectivity index (χ4v) is 4.96. The molecule has 29 heavy (non-hydrogen) atoms. The lowest BCUT2D eigenvalue weighted by atomic mass is 9.97. The number of hydrogen-bond donors (Lipinski definition) is 0. The number of fused-ring (bicyclic) bond motifs is 1. The van der Waals surface area contributed by atoms with Gasteiger partial charge in [-0.1, -0.05) is 12.1 Å². The van der Waals surface area contributed by atoms with Gasteiger partial charge in [0, 0.05) is 19.0 Å². The van der Waals surface area contributed by atoms with Crippen molar-refractivity contribution in [1.82, 2.24) is 9.88 Å². The van der Waals surface area contributed by atoms with Gasteiger partial charge in [-0.2, -0.15) is 0 Å². The molecule has 0 radical (unpaired) electrons. The molecule has 1 saturated heterocycles. The van der Waals surface area contributed by atoms with E-state index in [9.17, 15) is 4.79 Å². The molecule has 2 heterocycles. The van der Waals surface area contributed by atoms with Crippen LogP contribution in [-0.4, -0.2) is 50.2 Å². The third kappa shape index (κ3) is 3.62. The number of para-hydroxylation sites is 1. The molecule has 7 heteroatoms. The van der Waals surface area contributed by atoms with Crippen molar-refractivity contribution < 1.29 is 19.0 Å². The van der Waals surface area contributed by atoms with Crippen molar-refractivity contribution >= 4 is 27.5 Å². The first-order valence-electron chi connectivity index (χ1n) is 9.60. The number of carbonyl (C=O) groups is 1. The number of benzene rings is 2. The topological polar surface area (TPSA) is 60.9 Å². The summed E-state index contributed by atoms with van der Waals surface area (Å²) in [4.78, 5) is 20.0. The summed E-state index contributed by atoms with van der Waals surface area (Å²) in [6.45, 7) is 1.37. The van der Waals surface area contributed by atoms with Crippen LogP contribution in [0.25, 0.3) is 10.2 Å². The van der Waals surface area contributed by atoms with Crippen molar-refractivity contribution in [2.75, 3.05) is 34.4 Å². The van der Waals surface area contributed by atoms with Crippen LogP contribution in [0.5, 0.6) is 17.2 Å². The molecular formula is C22H24N2O4S. The van der Waals surface area contributed by atoms with E-state index in [-0.39, 0.29) is 11.8 Å². The molecule has 0 unspecified atom stereocenters. The SMILES string of the molecule is COc1ccc(C(=O)N2CCC[C@@H](c3nc4ccccc4s3)C2)c(OC)c1OC. The van der Waals surface area contributed by atoms with Crippen molar-refractivity contribution in [3.05, 3.63) is 47.0 Å². The fourth-order valence-electron chi connectivity index (χ4n) is 3.87. The number of carbonyl (C=O) groups excluding carboxylic acids is 1. The Hall–Kier alpha value is -2.80. The van der Waals surface area contributed by atoms with Crippen LogP contribution >= 0.6 is 11.3 Å². The van der Waals surface area contributed by atoms with Gasteiger partial charge in [-0.15, -0.1) is 11.3 Å². The minimum absolute atomic E-state index is 0.0615. The lowest BCUT2D eigenvalue weighted by Gasteiger charge is -2.32. The average Bonchev–Trinajstić information content (AvgIpc) is 3.22. The van der Waals surface area contributed by atoms with Crippen LogP contribution in [0.2, 0.25) is 0 Å². The molecule has 1 fully saturated rings. The summed E-state index contributed by atoms with van der Waals surface area (Å²) >= 11 is 1.72. The van der Waals surface area contributed by atoms with Gasteiger partial charge >= 0.3 is 0 Å². The monoisotopic (exact) mass is 412 g/mol. The van der Waals surface area contributed by atoms with E-state index in [1.807, 2.05) is 23.1 Å². The number of rotatable bonds is 5. The molecule has 0 spiro atoms. The molecule has 1 amide bonds. The maximum Gasteiger partial charge on any atom is 0.257 e. The molecule has 1 aromatic heterocycles. The fraction of sp³-hybridized carbons (Fsp3) is 0.364. The summed E-state index contributed by atoms with van der Waals surface area (Å²) in [6, 6.07) is 11.6. The molecule has 6 nitrogen and oxygen atoms in total. The minimum atomic E-state index is -0.0615. The highest BCUT2D eigenvalue weighted by atomic mass is 32.1. The molecule has 1 aliphatic rings. The number of amides is 1. The van der Waals surface area contributed by atoms with Crippen LogP contribution in [0.3, 0.4) is 0 Å². The first-order chi connectivity index (χ1) is 14.2. The first kappa shape index (κ1) is 19.5. The number of methoxy groups -OCH3 is 3. The van der Waals surface area contributed by atoms with Gasteiger partial charge in [0.25, 0.3) is 5.91 Å². The van der Waals surface area contributed by atoms with Crippen molar-refractivity contribution in [2.45, 2.75) is 18.8 Å². The Morgan fingerprint density at radius 3 is 2.59 bits per heavy atom. The van der Waals surface area contributed by atoms with E-state index in [0.717, 1.165) is 29.9 Å². The zero-order chi connectivity index (χ0) is 20.4. The summed E-state index contributed by atoms with van der Waals surface area (Å²) in [5.74, 6) is 1.55. The second-order valence-corrected chi connectivity index (χ2v) is 8.05. The number of hydrogen-bond acceptors (Lipinski definition) is 6. The smallest absolute Gasteiger partial charge is 0.257 e. The highest BCUT2D eigenvalue weighted by Crippen LogP contribution is 2.41. The molecule has 0 aliphatic carbocycles. The third-order valence-electron chi connectivity index (χ3n) is 5.30. The molecule has 0 saturated carbocycles. The van der Waals surface area contributed by atoms with Crippen LogP contribution in [0.15, 0.2) is 36.4 Å². The highest BCUT2D eigenvalue weighted by molar-refractivity contribution is 7.18. The summed E-state index contributed by atoms with van der Waals surface area (Å²) in [5.41, 5.74) is 1.51. The van der Waals surface area contributed by atoms with E-state index in [1.165, 1.54) is 11.8 Å². The van der Waals surface area contributed by atoms with Gasteiger partial charge < -0.3 is 19.1 Å². The van der Waals surface area contributed by atoms with Crippen LogP contribution in [0.4, 0.5) is 0 Å². The number of likely N-dealkylation sites (tertiary alicyclic amines) is 1. The molecule has 1 atom stereocenters. The van der Waals surface area contributed by atoms with E-state index in [2.05, 4.69) is 6.07 Å². The van der Waals surface area contributed by atoms with E-state index < -0.39 is 0 Å². The Balaban J connectivity index is 1.60. The summed E-state index contributed by atoms with van der Waals surface area (Å²) in [5, 5.41) is 1.10. The molecule has 0 N–H and O–H groups in total. The maximum atomic E-state index is 13.3. The average molecular weight is 413 g/mol. The van der Waals surface area contributed by atoms with E-state index >= 15 is 0 Å². The van der Waals surface area contributed by atoms with Gasteiger partial charge in [-0.25, -0.2) is 4.98 Å². The molecule has 1 aliphatic heterocycles. The third-order valence-corrected chi connectivity index (χ3v) is 6.50. The Labute approximate surface area is 174 Å². The summed E-state index contributed by atoms with van der Waals surface area (Å²) in [7, 11) is 4.64. The number of piperidine rings is 1. The molecular weight excluding hydrogens is 388 g/mol. The predicted octanol–water partition coefficient (Wildman–Crippen LogP) is 4.34. The normalized spacial score (nSPS) is 16.7. The Morgan fingerprint density at radius 1 is 1.07 bits per heavy atom. The van der Waals surface area contributed by atoms with Gasteiger partial charge in [-0.05, 0) is 37.1 Å². The Morgan fingerprint density at radius 2 is 1.86 bits per heavy atom. The standard InChI is InChI=1S/C22H24N2O4S/c1-26-17-11-10-15(19(27-2)20(17)28-3)22(25)24-12-6-7-14(13-24)21-23-16-8-4-5-9-18(16)29-21/h4-5,8-11,14H,6-7,12-13H2,1-3H3/t14-/m1/s1. The van der Waals surface area contributed by atoms with Gasteiger partial charge in [0.2, 0.25) is 5.75 Å². The zero-order valence-corrected chi connectivity index (χ0v) is 17.6. The van der Waals surface area contributed by atoms with Gasteiger partial charge in [0.05, 0.1) is 42.1 Å².